The molecule has 0 spiro atoms. The zero-order valence-corrected chi connectivity index (χ0v) is 20.0. The van der Waals surface area contributed by atoms with Crippen molar-refractivity contribution in [3.05, 3.63) is 45.9 Å². The Morgan fingerprint density at radius 3 is 2.00 bits per heavy atom. The first kappa shape index (κ1) is 25.6. The first-order valence-corrected chi connectivity index (χ1v) is 10.1. The molecule has 0 bridgehead atoms. The molecule has 1 aliphatic carbocycles. The zero-order chi connectivity index (χ0) is 25.1. The Balaban J connectivity index is 2.55. The Hall–Kier alpha value is -3.62. The first-order chi connectivity index (χ1) is 15.4. The molecule has 9 heteroatoms. The molecule has 9 nitrogen and oxygen atoms in total. The second-order valence-electron chi connectivity index (χ2n) is 8.26. The number of hydrogen-bond acceptors (Lipinski definition) is 9. The third-order valence-corrected chi connectivity index (χ3v) is 4.69. The van der Waals surface area contributed by atoms with Crippen LogP contribution in [0.15, 0.2) is 29.2 Å². The summed E-state index contributed by atoms with van der Waals surface area (Å²) in [5, 5.41) is 0. The van der Waals surface area contributed by atoms with Crippen molar-refractivity contribution in [3.63, 3.8) is 0 Å². The van der Waals surface area contributed by atoms with Crippen LogP contribution in [0.5, 0.6) is 5.75 Å². The van der Waals surface area contributed by atoms with E-state index in [-0.39, 0.29) is 39.5 Å². The van der Waals surface area contributed by atoms with E-state index in [0.29, 0.717) is 5.56 Å². The Kier molecular flexibility index (Phi) is 7.68. The van der Waals surface area contributed by atoms with Gasteiger partial charge in [-0.15, -0.1) is 0 Å². The van der Waals surface area contributed by atoms with Gasteiger partial charge in [0.25, 0.3) is 0 Å². The highest BCUT2D eigenvalue weighted by atomic mass is 16.6. The molecule has 0 saturated heterocycles. The van der Waals surface area contributed by atoms with E-state index in [1.54, 1.807) is 33.8 Å². The quantitative estimate of drug-likeness (QED) is 0.447. The maximum atomic E-state index is 13.1. The zero-order valence-electron chi connectivity index (χ0n) is 20.0. The van der Waals surface area contributed by atoms with Gasteiger partial charge in [-0.25, -0.2) is 9.59 Å². The third kappa shape index (κ3) is 5.42. The molecule has 0 saturated carbocycles. The van der Waals surface area contributed by atoms with E-state index >= 15 is 0 Å². The molecule has 0 atom stereocenters. The highest BCUT2D eigenvalue weighted by Crippen LogP contribution is 2.36. The number of ether oxygens (including phenoxy) is 5. The van der Waals surface area contributed by atoms with Crippen LogP contribution in [0.4, 0.5) is 0 Å². The van der Waals surface area contributed by atoms with Crippen LogP contribution in [-0.2, 0) is 33.3 Å². The van der Waals surface area contributed by atoms with E-state index in [1.165, 1.54) is 34.3 Å². The number of methoxy groups -OCH3 is 3. The van der Waals surface area contributed by atoms with Crippen molar-refractivity contribution in [2.45, 2.75) is 40.2 Å². The molecule has 0 aromatic heterocycles. The molecule has 178 valence electrons. The molecule has 2 rings (SSSR count). The second kappa shape index (κ2) is 9.89. The fraction of sp³-hybridized carbons (Fsp3) is 0.417. The van der Waals surface area contributed by atoms with E-state index in [2.05, 4.69) is 0 Å². The predicted octanol–water partition coefficient (Wildman–Crippen LogP) is 2.93. The van der Waals surface area contributed by atoms with E-state index in [1.807, 2.05) is 0 Å². The molecular weight excluding hydrogens is 432 g/mol. The van der Waals surface area contributed by atoms with Crippen LogP contribution in [0.25, 0.3) is 5.57 Å². The van der Waals surface area contributed by atoms with E-state index < -0.39 is 35.7 Å². The van der Waals surface area contributed by atoms with Crippen molar-refractivity contribution in [1.82, 2.24) is 0 Å². The lowest BCUT2D eigenvalue weighted by molar-refractivity contribution is -0.157. The molecule has 1 aromatic carbocycles. The molecule has 1 aliphatic rings. The van der Waals surface area contributed by atoms with Gasteiger partial charge < -0.3 is 23.7 Å². The number of rotatable bonds is 7. The maximum absolute atomic E-state index is 13.1. The van der Waals surface area contributed by atoms with Crippen LogP contribution in [0.3, 0.4) is 0 Å². The summed E-state index contributed by atoms with van der Waals surface area (Å²) in [7, 11) is 3.73. The number of benzene rings is 1. The highest BCUT2D eigenvalue weighted by molar-refractivity contribution is 6.38. The lowest BCUT2D eigenvalue weighted by atomic mass is 9.86. The van der Waals surface area contributed by atoms with Crippen LogP contribution in [-0.4, -0.2) is 57.0 Å². The Labute approximate surface area is 192 Å². The summed E-state index contributed by atoms with van der Waals surface area (Å²) < 4.78 is 25.9. The standard InChI is InChI=1S/C24H28O9/c1-12-9-14(17-13(2)18(26)21(29-6)22(30-7)19(17)27)10-15(23(28)31-8)20(12)32-11-16(25)33-24(3,4)5/h9-10H,11H2,1-8H3. The van der Waals surface area contributed by atoms with Gasteiger partial charge in [-0.1, -0.05) is 0 Å². The first-order valence-electron chi connectivity index (χ1n) is 10.1. The van der Waals surface area contributed by atoms with Crippen LogP contribution in [0.1, 0.15) is 49.2 Å². The van der Waals surface area contributed by atoms with Gasteiger partial charge in [0.2, 0.25) is 23.1 Å². The Morgan fingerprint density at radius 2 is 1.48 bits per heavy atom. The molecule has 33 heavy (non-hydrogen) atoms. The normalized spacial score (nSPS) is 14.3. The number of carbonyl (C=O) groups excluding carboxylic acids is 4. The Bertz CT molecular complexity index is 1070. The molecule has 1 aromatic rings. The van der Waals surface area contributed by atoms with Crippen molar-refractivity contribution in [1.29, 1.82) is 0 Å². The van der Waals surface area contributed by atoms with Crippen LogP contribution >= 0.6 is 0 Å². The number of Topliss-reactive ketones (excluding diaryl/α,β-unsaturated/α-hetero) is 2. The average Bonchev–Trinajstić information content (AvgIpc) is 2.73. The van der Waals surface area contributed by atoms with Gasteiger partial charge in [0.05, 0.1) is 21.3 Å². The highest BCUT2D eigenvalue weighted by Gasteiger charge is 2.36. The predicted molar refractivity (Wildman–Crippen MR) is 118 cm³/mol. The molecule has 0 fully saturated rings. The lowest BCUT2D eigenvalue weighted by Gasteiger charge is -2.22. The average molecular weight is 460 g/mol. The molecular formula is C24H28O9. The van der Waals surface area contributed by atoms with Crippen LogP contribution < -0.4 is 4.74 Å². The minimum Gasteiger partial charge on any atom is -0.489 e. The number of ketones is 2. The topological polar surface area (TPSA) is 114 Å². The van der Waals surface area contributed by atoms with Crippen molar-refractivity contribution >= 4 is 29.1 Å². The van der Waals surface area contributed by atoms with Crippen molar-refractivity contribution in [2.24, 2.45) is 0 Å². The van der Waals surface area contributed by atoms with Crippen LogP contribution in [0, 0.1) is 6.92 Å². The van der Waals surface area contributed by atoms with Gasteiger partial charge in [-0.2, -0.15) is 0 Å². The lowest BCUT2D eigenvalue weighted by Crippen LogP contribution is -2.28. The minimum atomic E-state index is -0.743. The van der Waals surface area contributed by atoms with Gasteiger partial charge in [-0.3, -0.25) is 9.59 Å². The van der Waals surface area contributed by atoms with Gasteiger partial charge >= 0.3 is 11.9 Å². The van der Waals surface area contributed by atoms with Crippen molar-refractivity contribution < 1.29 is 42.9 Å². The Morgan fingerprint density at radius 1 is 0.909 bits per heavy atom. The number of hydrogen-bond donors (Lipinski definition) is 0. The van der Waals surface area contributed by atoms with E-state index in [4.69, 9.17) is 23.7 Å². The molecule has 0 heterocycles. The summed E-state index contributed by atoms with van der Waals surface area (Å²) in [6.45, 7) is 7.86. The molecule has 0 unspecified atom stereocenters. The summed E-state index contributed by atoms with van der Waals surface area (Å²) in [4.78, 5) is 50.4. The summed E-state index contributed by atoms with van der Waals surface area (Å²) in [6.07, 6.45) is 0. The fourth-order valence-electron chi connectivity index (χ4n) is 3.37. The third-order valence-electron chi connectivity index (χ3n) is 4.69. The number of allylic oxidation sites excluding steroid dienone is 2. The van der Waals surface area contributed by atoms with Gasteiger partial charge in [0, 0.05) is 11.1 Å². The molecule has 0 amide bonds. The number of aryl methyl sites for hydroxylation is 1. The summed E-state index contributed by atoms with van der Waals surface area (Å²) >= 11 is 0. The fourth-order valence-corrected chi connectivity index (χ4v) is 3.37. The summed E-state index contributed by atoms with van der Waals surface area (Å²) in [5.41, 5.74) is 0.211. The molecule has 0 radical (unpaired) electrons. The molecule has 0 N–H and O–H groups in total. The number of carbonyl (C=O) groups is 4. The van der Waals surface area contributed by atoms with Crippen LogP contribution in [0.2, 0.25) is 0 Å². The second-order valence-corrected chi connectivity index (χ2v) is 8.26. The van der Waals surface area contributed by atoms with Gasteiger partial charge in [0.15, 0.2) is 6.61 Å². The smallest absolute Gasteiger partial charge is 0.344 e. The number of esters is 2. The van der Waals surface area contributed by atoms with E-state index in [0.717, 1.165) is 0 Å². The minimum absolute atomic E-state index is 0.0166. The summed E-state index contributed by atoms with van der Waals surface area (Å²) in [6, 6.07) is 2.95. The van der Waals surface area contributed by atoms with Gasteiger partial charge in [0.1, 0.15) is 16.9 Å². The maximum Gasteiger partial charge on any atom is 0.344 e. The monoisotopic (exact) mass is 460 g/mol. The van der Waals surface area contributed by atoms with Gasteiger partial charge in [-0.05, 0) is 57.9 Å². The molecule has 0 aliphatic heterocycles. The van der Waals surface area contributed by atoms with E-state index in [9.17, 15) is 19.2 Å². The largest absolute Gasteiger partial charge is 0.489 e. The van der Waals surface area contributed by atoms with Crippen molar-refractivity contribution in [3.8, 4) is 5.75 Å². The SMILES string of the molecule is COC(=O)c1cc(C2=C(C)C(=O)C(OC)=C(OC)C2=O)cc(C)c1OCC(=O)OC(C)(C)C. The van der Waals surface area contributed by atoms with Crippen molar-refractivity contribution in [2.75, 3.05) is 27.9 Å². The summed E-state index contributed by atoms with van der Waals surface area (Å²) in [5.74, 6) is -2.75.